The molecule has 0 amide bonds. The summed E-state index contributed by atoms with van der Waals surface area (Å²) in [6.07, 6.45) is 1.38. The number of carbonyl (C=O) groups excluding carboxylic acids is 1. The highest BCUT2D eigenvalue weighted by Gasteiger charge is 2.31. The maximum atomic E-state index is 12.1. The highest BCUT2D eigenvalue weighted by molar-refractivity contribution is 6.15. The summed E-state index contributed by atoms with van der Waals surface area (Å²) in [7, 11) is 0. The van der Waals surface area contributed by atoms with Gasteiger partial charge in [-0.15, -0.1) is 0 Å². The van der Waals surface area contributed by atoms with E-state index in [9.17, 15) is 20.1 Å². The highest BCUT2D eigenvalue weighted by atomic mass is 16.5. The zero-order chi connectivity index (χ0) is 14.3. The second kappa shape index (κ2) is 4.31. The van der Waals surface area contributed by atoms with E-state index in [0.717, 1.165) is 0 Å². The predicted octanol–water partition coefficient (Wildman–Crippen LogP) is 2.42. The number of hydrogen-bond donors (Lipinski definition) is 3. The molecular weight excluding hydrogens is 260 g/mol. The number of phenols is 3. The molecule has 0 unspecified atom stereocenters. The van der Waals surface area contributed by atoms with Crippen molar-refractivity contribution in [2.75, 3.05) is 0 Å². The Kier molecular flexibility index (Phi) is 2.61. The van der Waals surface area contributed by atoms with Gasteiger partial charge in [0.25, 0.3) is 0 Å². The van der Waals surface area contributed by atoms with Gasteiger partial charge in [-0.25, -0.2) is 0 Å². The third-order valence-electron chi connectivity index (χ3n) is 3.01. The van der Waals surface area contributed by atoms with Gasteiger partial charge in [-0.05, 0) is 24.3 Å². The molecule has 0 fully saturated rings. The fourth-order valence-corrected chi connectivity index (χ4v) is 1.98. The Balaban J connectivity index is 2.07. The maximum Gasteiger partial charge on any atom is 0.232 e. The number of rotatable bonds is 1. The van der Waals surface area contributed by atoms with Gasteiger partial charge in [0.15, 0.2) is 17.3 Å². The lowest BCUT2D eigenvalue weighted by Crippen LogP contribution is -1.98. The van der Waals surface area contributed by atoms with E-state index < -0.39 is 11.5 Å². The fourth-order valence-electron chi connectivity index (χ4n) is 1.98. The first-order valence-corrected chi connectivity index (χ1v) is 5.85. The fraction of sp³-hybridized carbons (Fsp3) is 0. The van der Waals surface area contributed by atoms with Gasteiger partial charge in [0.05, 0.1) is 5.56 Å². The molecule has 1 aliphatic heterocycles. The predicted molar refractivity (Wildman–Crippen MR) is 70.8 cm³/mol. The number of ketones is 1. The van der Waals surface area contributed by atoms with Gasteiger partial charge in [-0.1, -0.05) is 18.2 Å². The number of benzene rings is 2. The first-order valence-electron chi connectivity index (χ1n) is 5.85. The number of hydrogen-bond acceptors (Lipinski definition) is 5. The normalized spacial score (nSPS) is 15.2. The highest BCUT2D eigenvalue weighted by Crippen LogP contribution is 2.44. The van der Waals surface area contributed by atoms with Crippen LogP contribution in [-0.4, -0.2) is 21.1 Å². The topological polar surface area (TPSA) is 87.0 Å². The monoisotopic (exact) mass is 270 g/mol. The average molecular weight is 270 g/mol. The summed E-state index contributed by atoms with van der Waals surface area (Å²) in [4.78, 5) is 12.1. The maximum absolute atomic E-state index is 12.1. The summed E-state index contributed by atoms with van der Waals surface area (Å²) >= 11 is 0. The Bertz CT molecular complexity index is 746. The summed E-state index contributed by atoms with van der Waals surface area (Å²) in [5.74, 6) is -1.34. The van der Waals surface area contributed by atoms with Gasteiger partial charge in [-0.3, -0.25) is 4.79 Å². The number of allylic oxidation sites excluding steroid dienone is 1. The average Bonchev–Trinajstić information content (AvgIpc) is 2.75. The molecule has 0 atom stereocenters. The minimum absolute atomic E-state index is 0.0134. The lowest BCUT2D eigenvalue weighted by molar-refractivity contribution is 0.101. The lowest BCUT2D eigenvalue weighted by atomic mass is 10.1. The summed E-state index contributed by atoms with van der Waals surface area (Å²) in [6, 6.07) is 9.08. The molecule has 1 heterocycles. The number of fused-ring (bicyclic) bond motifs is 1. The van der Waals surface area contributed by atoms with Crippen molar-refractivity contribution in [1.29, 1.82) is 0 Å². The third-order valence-corrected chi connectivity index (χ3v) is 3.01. The van der Waals surface area contributed by atoms with Crippen LogP contribution in [0.5, 0.6) is 23.0 Å². The van der Waals surface area contributed by atoms with E-state index in [1.807, 2.05) is 0 Å². The van der Waals surface area contributed by atoms with Crippen LogP contribution in [0.4, 0.5) is 0 Å². The largest absolute Gasteiger partial charge is 0.507 e. The van der Waals surface area contributed by atoms with E-state index in [1.165, 1.54) is 24.3 Å². The van der Waals surface area contributed by atoms with E-state index >= 15 is 0 Å². The Morgan fingerprint density at radius 2 is 1.70 bits per heavy atom. The van der Waals surface area contributed by atoms with Gasteiger partial charge < -0.3 is 20.1 Å². The van der Waals surface area contributed by atoms with E-state index in [4.69, 9.17) is 4.74 Å². The molecule has 0 spiro atoms. The van der Waals surface area contributed by atoms with Crippen molar-refractivity contribution < 1.29 is 24.9 Å². The second-order valence-electron chi connectivity index (χ2n) is 4.31. The van der Waals surface area contributed by atoms with Crippen LogP contribution in [0.2, 0.25) is 0 Å². The van der Waals surface area contributed by atoms with Gasteiger partial charge in [0, 0.05) is 5.56 Å². The van der Waals surface area contributed by atoms with Crippen LogP contribution in [0.3, 0.4) is 0 Å². The molecule has 0 aliphatic carbocycles. The van der Waals surface area contributed by atoms with Crippen LogP contribution in [-0.2, 0) is 0 Å². The molecule has 0 saturated heterocycles. The molecule has 3 rings (SSSR count). The third kappa shape index (κ3) is 1.76. The smallest absolute Gasteiger partial charge is 0.232 e. The van der Waals surface area contributed by atoms with E-state index in [1.54, 1.807) is 18.2 Å². The van der Waals surface area contributed by atoms with Gasteiger partial charge >= 0.3 is 0 Å². The van der Waals surface area contributed by atoms with Crippen molar-refractivity contribution in [3.8, 4) is 23.0 Å². The zero-order valence-electron chi connectivity index (χ0n) is 10.2. The molecule has 0 aromatic heterocycles. The number of Topliss-reactive ketones (excluding diaryl/α,β-unsaturated/α-hetero) is 1. The van der Waals surface area contributed by atoms with E-state index in [0.29, 0.717) is 5.56 Å². The van der Waals surface area contributed by atoms with Crippen LogP contribution in [0.1, 0.15) is 15.9 Å². The van der Waals surface area contributed by atoms with Crippen LogP contribution in [0.15, 0.2) is 42.2 Å². The molecule has 5 nitrogen and oxygen atoms in total. The Labute approximate surface area is 114 Å². The lowest BCUT2D eigenvalue weighted by Gasteiger charge is -2.03. The number of para-hydroxylation sites is 1. The minimum atomic E-state index is -0.475. The molecule has 3 N–H and O–H groups in total. The Morgan fingerprint density at radius 1 is 0.950 bits per heavy atom. The van der Waals surface area contributed by atoms with Crippen molar-refractivity contribution in [3.05, 3.63) is 53.3 Å². The summed E-state index contributed by atoms with van der Waals surface area (Å²) in [5, 5.41) is 28.7. The zero-order valence-corrected chi connectivity index (χ0v) is 10.2. The van der Waals surface area contributed by atoms with Crippen LogP contribution in [0, 0.1) is 0 Å². The van der Waals surface area contributed by atoms with Crippen LogP contribution < -0.4 is 4.74 Å². The van der Waals surface area contributed by atoms with Gasteiger partial charge in [0.1, 0.15) is 5.75 Å². The summed E-state index contributed by atoms with van der Waals surface area (Å²) in [5.41, 5.74) is 0.592. The molecule has 2 aromatic rings. The number of ether oxygens (including phenoxy) is 1. The van der Waals surface area contributed by atoms with Crippen LogP contribution >= 0.6 is 0 Å². The SMILES string of the molecule is O=C1C(=Cc2ccccc2O)Oc2c1ccc(O)c2O. The van der Waals surface area contributed by atoms with Crippen LogP contribution in [0.25, 0.3) is 6.08 Å². The van der Waals surface area contributed by atoms with Crippen molar-refractivity contribution in [2.45, 2.75) is 0 Å². The van der Waals surface area contributed by atoms with Crippen molar-refractivity contribution in [1.82, 2.24) is 0 Å². The molecule has 100 valence electrons. The summed E-state index contributed by atoms with van der Waals surface area (Å²) in [6.45, 7) is 0. The number of aromatic hydroxyl groups is 3. The van der Waals surface area contributed by atoms with E-state index in [-0.39, 0.29) is 28.6 Å². The van der Waals surface area contributed by atoms with Gasteiger partial charge in [-0.2, -0.15) is 0 Å². The van der Waals surface area contributed by atoms with Crippen molar-refractivity contribution >= 4 is 11.9 Å². The quantitative estimate of drug-likeness (QED) is 0.547. The number of carbonyl (C=O) groups is 1. The van der Waals surface area contributed by atoms with Crippen molar-refractivity contribution in [3.63, 3.8) is 0 Å². The Morgan fingerprint density at radius 3 is 2.45 bits per heavy atom. The molecule has 0 saturated carbocycles. The minimum Gasteiger partial charge on any atom is -0.507 e. The Hall–Kier alpha value is -2.95. The molecule has 1 aliphatic rings. The van der Waals surface area contributed by atoms with E-state index in [2.05, 4.69) is 0 Å². The molecule has 2 aromatic carbocycles. The summed E-state index contributed by atoms with van der Waals surface area (Å²) < 4.78 is 5.28. The standard InChI is InChI=1S/C15H10O5/c16-10-4-2-1-3-8(10)7-12-13(18)9-5-6-11(17)14(19)15(9)20-12/h1-7,16-17,19H. The second-order valence-corrected chi connectivity index (χ2v) is 4.31. The van der Waals surface area contributed by atoms with Gasteiger partial charge in [0.2, 0.25) is 11.5 Å². The molecule has 20 heavy (non-hydrogen) atoms. The molecule has 0 bridgehead atoms. The first-order chi connectivity index (χ1) is 9.58. The number of phenolic OH excluding ortho intramolecular Hbond substituents is 3. The molecule has 0 radical (unpaired) electrons. The molecular formula is C15H10O5. The first kappa shape index (κ1) is 12.1. The van der Waals surface area contributed by atoms with Crippen molar-refractivity contribution in [2.24, 2.45) is 0 Å². The molecule has 5 heteroatoms.